The molecule has 1 saturated heterocycles. The quantitative estimate of drug-likeness (QED) is 0.626. The highest BCUT2D eigenvalue weighted by atomic mass is 35.5. The van der Waals surface area contributed by atoms with Gasteiger partial charge in [-0.1, -0.05) is 42.7 Å². The summed E-state index contributed by atoms with van der Waals surface area (Å²) in [5, 5.41) is 9.53. The SMILES string of the molecule is COc1nc(/C(=C/C2CCCC2)c2ccc(S(=O)(=O)N3CCN(C(=O)O)CC3)cc2)ccc1Cl. The van der Waals surface area contributed by atoms with E-state index in [1.54, 1.807) is 30.3 Å². The van der Waals surface area contributed by atoms with E-state index in [1.165, 1.54) is 29.2 Å². The molecular formula is C24H28ClN3O5S. The van der Waals surface area contributed by atoms with Crippen LogP contribution in [-0.2, 0) is 10.0 Å². The van der Waals surface area contributed by atoms with Gasteiger partial charge in [-0.25, -0.2) is 18.2 Å². The average molecular weight is 506 g/mol. The molecule has 1 amide bonds. The summed E-state index contributed by atoms with van der Waals surface area (Å²) in [6, 6.07) is 10.4. The van der Waals surface area contributed by atoms with Crippen LogP contribution in [-0.4, -0.2) is 67.1 Å². The summed E-state index contributed by atoms with van der Waals surface area (Å²) in [6.45, 7) is 0.589. The van der Waals surface area contributed by atoms with Gasteiger partial charge in [-0.05, 0) is 48.6 Å². The zero-order valence-corrected chi connectivity index (χ0v) is 20.6. The molecule has 2 fully saturated rings. The number of sulfonamides is 1. The maximum absolute atomic E-state index is 13.1. The summed E-state index contributed by atoms with van der Waals surface area (Å²) in [4.78, 5) is 17.1. The van der Waals surface area contributed by atoms with E-state index in [0.29, 0.717) is 22.5 Å². The number of ether oxygens (including phenoxy) is 1. The van der Waals surface area contributed by atoms with Crippen LogP contribution in [0.25, 0.3) is 5.57 Å². The van der Waals surface area contributed by atoms with Crippen molar-refractivity contribution in [2.75, 3.05) is 33.3 Å². The fourth-order valence-electron chi connectivity index (χ4n) is 4.48. The summed E-state index contributed by atoms with van der Waals surface area (Å²) in [5.74, 6) is 0.781. The molecule has 1 N–H and O–H groups in total. The highest BCUT2D eigenvalue weighted by Gasteiger charge is 2.30. The second-order valence-electron chi connectivity index (χ2n) is 8.51. The number of nitrogens with zero attached hydrogens (tertiary/aromatic N) is 3. The molecule has 2 heterocycles. The Morgan fingerprint density at radius 2 is 1.74 bits per heavy atom. The number of carbonyl (C=O) groups is 1. The van der Waals surface area contributed by atoms with Crippen LogP contribution >= 0.6 is 11.6 Å². The minimum absolute atomic E-state index is 0.137. The number of carboxylic acid groups (broad SMARTS) is 1. The Kier molecular flexibility index (Phi) is 7.45. The van der Waals surface area contributed by atoms with Gasteiger partial charge < -0.3 is 14.7 Å². The molecule has 1 aliphatic carbocycles. The van der Waals surface area contributed by atoms with Crippen LogP contribution in [0.15, 0.2) is 47.4 Å². The monoisotopic (exact) mass is 505 g/mol. The Bertz CT molecular complexity index is 1170. The van der Waals surface area contributed by atoms with Crippen LogP contribution in [0.3, 0.4) is 0 Å². The highest BCUT2D eigenvalue weighted by Crippen LogP contribution is 2.34. The maximum atomic E-state index is 13.1. The number of benzene rings is 1. The van der Waals surface area contributed by atoms with E-state index in [9.17, 15) is 13.2 Å². The third-order valence-corrected chi connectivity index (χ3v) is 8.60. The molecule has 1 aromatic heterocycles. The Morgan fingerprint density at radius 1 is 1.09 bits per heavy atom. The van der Waals surface area contributed by atoms with Gasteiger partial charge in [0, 0.05) is 31.8 Å². The van der Waals surface area contributed by atoms with Crippen LogP contribution in [0.5, 0.6) is 5.88 Å². The lowest BCUT2D eigenvalue weighted by atomic mass is 9.96. The number of amides is 1. The third kappa shape index (κ3) is 5.21. The highest BCUT2D eigenvalue weighted by molar-refractivity contribution is 7.89. The molecule has 0 unspecified atom stereocenters. The first kappa shape index (κ1) is 24.5. The first-order valence-electron chi connectivity index (χ1n) is 11.3. The summed E-state index contributed by atoms with van der Waals surface area (Å²) in [7, 11) is -2.19. The van der Waals surface area contributed by atoms with Gasteiger partial charge in [-0.15, -0.1) is 0 Å². The van der Waals surface area contributed by atoms with Crippen molar-refractivity contribution in [1.29, 1.82) is 0 Å². The zero-order chi connectivity index (χ0) is 24.3. The molecule has 0 radical (unpaired) electrons. The van der Waals surface area contributed by atoms with E-state index in [2.05, 4.69) is 11.1 Å². The Morgan fingerprint density at radius 3 is 2.32 bits per heavy atom. The van der Waals surface area contributed by atoms with Gasteiger partial charge in [0.1, 0.15) is 5.02 Å². The second-order valence-corrected chi connectivity index (χ2v) is 10.9. The maximum Gasteiger partial charge on any atom is 0.407 e. The summed E-state index contributed by atoms with van der Waals surface area (Å²) < 4.78 is 32.9. The standard InChI is InChI=1S/C24H28ClN3O5S/c1-33-23-21(25)10-11-22(26-23)20(16-17-4-2-3-5-17)18-6-8-19(9-7-18)34(31,32)28-14-12-27(13-15-28)24(29)30/h6-11,16-17H,2-5,12-15H2,1H3,(H,29,30)/b20-16+. The number of hydrogen-bond acceptors (Lipinski definition) is 5. The lowest BCUT2D eigenvalue weighted by molar-refractivity contribution is 0.126. The molecule has 0 bridgehead atoms. The van der Waals surface area contributed by atoms with Crippen LogP contribution in [0.2, 0.25) is 5.02 Å². The van der Waals surface area contributed by atoms with Gasteiger partial charge in [-0.3, -0.25) is 0 Å². The fraction of sp³-hybridized carbons (Fsp3) is 0.417. The Balaban J connectivity index is 1.62. The molecule has 0 spiro atoms. The van der Waals surface area contributed by atoms with Gasteiger partial charge in [0.2, 0.25) is 15.9 Å². The van der Waals surface area contributed by atoms with E-state index >= 15 is 0 Å². The predicted molar refractivity (Wildman–Crippen MR) is 130 cm³/mol. The molecule has 0 atom stereocenters. The van der Waals surface area contributed by atoms with E-state index in [4.69, 9.17) is 21.4 Å². The Hall–Kier alpha value is -2.62. The van der Waals surface area contributed by atoms with Crippen LogP contribution in [0.1, 0.15) is 36.9 Å². The molecule has 34 heavy (non-hydrogen) atoms. The molecule has 1 aromatic carbocycles. The second kappa shape index (κ2) is 10.3. The molecule has 2 aliphatic rings. The van der Waals surface area contributed by atoms with Gasteiger partial charge in [0.25, 0.3) is 0 Å². The summed E-state index contributed by atoms with van der Waals surface area (Å²) in [5.41, 5.74) is 2.49. The van der Waals surface area contributed by atoms with Crippen LogP contribution in [0, 0.1) is 5.92 Å². The number of hydrogen-bond donors (Lipinski definition) is 1. The van der Waals surface area contributed by atoms with Gasteiger partial charge in [0.15, 0.2) is 0 Å². The van der Waals surface area contributed by atoms with Crippen molar-refractivity contribution in [3.63, 3.8) is 0 Å². The molecule has 1 saturated carbocycles. The van der Waals surface area contributed by atoms with E-state index in [-0.39, 0.29) is 31.1 Å². The Labute approximate surface area is 204 Å². The van der Waals surface area contributed by atoms with Crippen LogP contribution in [0.4, 0.5) is 4.79 Å². The lowest BCUT2D eigenvalue weighted by Crippen LogP contribution is -2.50. The molecule has 8 nitrogen and oxygen atoms in total. The van der Waals surface area contributed by atoms with Gasteiger partial charge in [0.05, 0.1) is 17.7 Å². The molecule has 10 heteroatoms. The molecule has 182 valence electrons. The first-order valence-corrected chi connectivity index (χ1v) is 13.1. The van der Waals surface area contributed by atoms with Gasteiger partial charge >= 0.3 is 6.09 Å². The first-order chi connectivity index (χ1) is 16.3. The topological polar surface area (TPSA) is 100 Å². The lowest BCUT2D eigenvalue weighted by Gasteiger charge is -2.32. The van der Waals surface area contributed by atoms with Crippen molar-refractivity contribution in [1.82, 2.24) is 14.2 Å². The van der Waals surface area contributed by atoms with Gasteiger partial charge in [-0.2, -0.15) is 4.31 Å². The smallest absolute Gasteiger partial charge is 0.407 e. The number of pyridine rings is 1. The van der Waals surface area contributed by atoms with Crippen molar-refractivity contribution in [3.05, 3.63) is 58.8 Å². The number of aromatic nitrogens is 1. The van der Waals surface area contributed by atoms with E-state index in [1.807, 2.05) is 6.07 Å². The number of methoxy groups -OCH3 is 1. The molecule has 2 aromatic rings. The normalized spacial score (nSPS) is 18.3. The van der Waals surface area contributed by atoms with Crippen molar-refractivity contribution in [3.8, 4) is 5.88 Å². The fourth-order valence-corrected chi connectivity index (χ4v) is 6.09. The minimum Gasteiger partial charge on any atom is -0.480 e. The summed E-state index contributed by atoms with van der Waals surface area (Å²) >= 11 is 6.17. The van der Waals surface area contributed by atoms with Crippen molar-refractivity contribution >= 4 is 33.3 Å². The van der Waals surface area contributed by atoms with Crippen molar-refractivity contribution in [2.45, 2.75) is 30.6 Å². The average Bonchev–Trinajstić information content (AvgIpc) is 3.36. The van der Waals surface area contributed by atoms with Crippen molar-refractivity contribution < 1.29 is 23.1 Å². The number of piperazine rings is 1. The van der Waals surface area contributed by atoms with Crippen LogP contribution < -0.4 is 4.74 Å². The zero-order valence-electron chi connectivity index (χ0n) is 19.0. The minimum atomic E-state index is -3.72. The molecule has 4 rings (SSSR count). The molecular weight excluding hydrogens is 478 g/mol. The number of halogens is 1. The number of allylic oxidation sites excluding steroid dienone is 1. The third-order valence-electron chi connectivity index (χ3n) is 6.40. The predicted octanol–water partition coefficient (Wildman–Crippen LogP) is 4.35. The number of rotatable bonds is 6. The molecule has 1 aliphatic heterocycles. The van der Waals surface area contributed by atoms with E-state index in [0.717, 1.165) is 24.0 Å². The van der Waals surface area contributed by atoms with E-state index < -0.39 is 16.1 Å². The van der Waals surface area contributed by atoms with Crippen molar-refractivity contribution in [2.24, 2.45) is 5.92 Å². The summed E-state index contributed by atoms with van der Waals surface area (Å²) in [6.07, 6.45) is 5.80. The largest absolute Gasteiger partial charge is 0.480 e.